The highest BCUT2D eigenvalue weighted by atomic mass is 28.4. The van der Waals surface area contributed by atoms with Crippen LogP contribution in [-0.2, 0) is 18.1 Å². The maximum Gasteiger partial charge on any atom is 0.500 e. The molecule has 0 saturated heterocycles. The van der Waals surface area contributed by atoms with E-state index in [-0.39, 0.29) is 0 Å². The van der Waals surface area contributed by atoms with Gasteiger partial charge in [0.2, 0.25) is 0 Å². The molecule has 0 aromatic carbocycles. The summed E-state index contributed by atoms with van der Waals surface area (Å²) in [5.74, 6) is 0. The molecular weight excluding hydrogens is 296 g/mol. The fraction of sp³-hybridized carbons (Fsp3) is 0.941. The lowest BCUT2D eigenvalue weighted by Gasteiger charge is -2.28. The van der Waals surface area contributed by atoms with E-state index in [1.54, 1.807) is 0 Å². The minimum atomic E-state index is -2.42. The quantitative estimate of drug-likeness (QED) is 0.219. The largest absolute Gasteiger partial charge is 0.500 e. The normalized spacial score (nSPS) is 11.8. The average molecular weight is 333 g/mol. The molecule has 0 rings (SSSR count). The van der Waals surface area contributed by atoms with Crippen molar-refractivity contribution in [3.63, 3.8) is 0 Å². The maximum atomic E-state index is 10.2. The molecule has 0 spiro atoms. The number of hydrogen-bond donors (Lipinski definition) is 0. The van der Waals surface area contributed by atoms with E-state index < -0.39 is 8.80 Å². The van der Waals surface area contributed by atoms with E-state index in [9.17, 15) is 4.79 Å². The van der Waals surface area contributed by atoms with Gasteiger partial charge in [-0.3, -0.25) is 0 Å². The second-order valence-electron chi connectivity index (χ2n) is 5.52. The molecule has 132 valence electrons. The first-order chi connectivity index (χ1) is 10.7. The Morgan fingerprint density at radius 2 is 1.09 bits per heavy atom. The standard InChI is InChI=1S/C17H36O4Si/c1-4-19-22(20-5-2,21-6-3)17-15-13-11-9-7-8-10-12-14-16-18/h16H,4-15,17H2,1-3H3. The smallest absolute Gasteiger partial charge is 0.374 e. The highest BCUT2D eigenvalue weighted by molar-refractivity contribution is 6.60. The molecule has 0 atom stereocenters. The van der Waals surface area contributed by atoms with Gasteiger partial charge < -0.3 is 18.1 Å². The van der Waals surface area contributed by atoms with Crippen molar-refractivity contribution < 1.29 is 18.1 Å². The van der Waals surface area contributed by atoms with Crippen molar-refractivity contribution in [1.29, 1.82) is 0 Å². The van der Waals surface area contributed by atoms with Crippen molar-refractivity contribution in [3.8, 4) is 0 Å². The van der Waals surface area contributed by atoms with Gasteiger partial charge in [-0.05, 0) is 33.6 Å². The molecule has 0 aromatic rings. The molecule has 0 saturated carbocycles. The topological polar surface area (TPSA) is 44.8 Å². The van der Waals surface area contributed by atoms with E-state index in [4.69, 9.17) is 13.3 Å². The molecule has 0 aliphatic carbocycles. The lowest BCUT2D eigenvalue weighted by atomic mass is 10.1. The van der Waals surface area contributed by atoms with Crippen LogP contribution in [0, 0.1) is 0 Å². The summed E-state index contributed by atoms with van der Waals surface area (Å²) in [6, 6.07) is 0.932. The SMILES string of the molecule is CCO[Si](CCCCCCCCCCC=O)(OCC)OCC. The molecule has 0 amide bonds. The highest BCUT2D eigenvalue weighted by Crippen LogP contribution is 2.20. The first-order valence-electron chi connectivity index (χ1n) is 9.10. The number of aldehydes is 1. The van der Waals surface area contributed by atoms with E-state index in [1.807, 2.05) is 20.8 Å². The van der Waals surface area contributed by atoms with E-state index in [1.165, 1.54) is 38.5 Å². The number of rotatable bonds is 17. The van der Waals surface area contributed by atoms with Crippen LogP contribution in [0.1, 0.15) is 78.6 Å². The van der Waals surface area contributed by atoms with Crippen molar-refractivity contribution in [3.05, 3.63) is 0 Å². The Bertz CT molecular complexity index is 232. The van der Waals surface area contributed by atoms with Crippen molar-refractivity contribution in [2.75, 3.05) is 19.8 Å². The predicted octanol–water partition coefficient (Wildman–Crippen LogP) is 4.74. The number of carbonyl (C=O) groups is 1. The van der Waals surface area contributed by atoms with Crippen LogP contribution in [0.25, 0.3) is 0 Å². The van der Waals surface area contributed by atoms with Gasteiger partial charge >= 0.3 is 8.80 Å². The number of unbranched alkanes of at least 4 members (excludes halogenated alkanes) is 8. The van der Waals surface area contributed by atoms with E-state index in [0.29, 0.717) is 19.8 Å². The Labute approximate surface area is 138 Å². The molecule has 0 aliphatic rings. The lowest BCUT2D eigenvalue weighted by molar-refractivity contribution is -0.107. The Hall–Kier alpha value is -0.233. The van der Waals surface area contributed by atoms with Crippen LogP contribution in [0.4, 0.5) is 0 Å². The summed E-state index contributed by atoms with van der Waals surface area (Å²) in [4.78, 5) is 10.2. The first-order valence-corrected chi connectivity index (χ1v) is 11.0. The van der Waals surface area contributed by atoms with E-state index >= 15 is 0 Å². The van der Waals surface area contributed by atoms with Crippen molar-refractivity contribution >= 4 is 15.1 Å². The van der Waals surface area contributed by atoms with Gasteiger partial charge in [-0.2, -0.15) is 0 Å². The maximum absolute atomic E-state index is 10.2. The molecule has 5 heteroatoms. The summed E-state index contributed by atoms with van der Waals surface area (Å²) in [6.45, 7) is 7.99. The van der Waals surface area contributed by atoms with Gasteiger partial charge in [-0.15, -0.1) is 0 Å². The van der Waals surface area contributed by atoms with Crippen LogP contribution in [0.15, 0.2) is 0 Å². The second kappa shape index (κ2) is 15.7. The zero-order valence-electron chi connectivity index (χ0n) is 14.9. The fourth-order valence-corrected chi connectivity index (χ4v) is 5.32. The summed E-state index contributed by atoms with van der Waals surface area (Å²) in [7, 11) is -2.42. The van der Waals surface area contributed by atoms with E-state index in [2.05, 4.69) is 0 Å². The van der Waals surface area contributed by atoms with Crippen LogP contribution in [0.2, 0.25) is 6.04 Å². The molecule has 0 unspecified atom stereocenters. The fourth-order valence-electron chi connectivity index (χ4n) is 2.63. The molecule has 22 heavy (non-hydrogen) atoms. The van der Waals surface area contributed by atoms with Gasteiger partial charge in [0.15, 0.2) is 0 Å². The van der Waals surface area contributed by atoms with Gasteiger partial charge in [-0.1, -0.05) is 38.5 Å². The molecule has 0 heterocycles. The van der Waals surface area contributed by atoms with Crippen LogP contribution in [-0.4, -0.2) is 34.9 Å². The Morgan fingerprint density at radius 1 is 0.682 bits per heavy atom. The summed E-state index contributed by atoms with van der Waals surface area (Å²) < 4.78 is 17.6. The molecular formula is C17H36O4Si. The third-order valence-electron chi connectivity index (χ3n) is 3.65. The van der Waals surface area contributed by atoms with Crippen LogP contribution in [0.3, 0.4) is 0 Å². The molecule has 0 radical (unpaired) electrons. The Balaban J connectivity index is 3.72. The van der Waals surface area contributed by atoms with Crippen molar-refractivity contribution in [2.24, 2.45) is 0 Å². The van der Waals surface area contributed by atoms with Crippen molar-refractivity contribution in [1.82, 2.24) is 0 Å². The molecule has 0 aromatic heterocycles. The monoisotopic (exact) mass is 332 g/mol. The molecule has 0 aliphatic heterocycles. The Kier molecular flexibility index (Phi) is 15.5. The van der Waals surface area contributed by atoms with Gasteiger partial charge in [0.25, 0.3) is 0 Å². The zero-order chi connectivity index (χ0) is 16.5. The summed E-state index contributed by atoms with van der Waals surface area (Å²) in [6.07, 6.45) is 11.4. The molecule has 0 bridgehead atoms. The van der Waals surface area contributed by atoms with Gasteiger partial charge in [0.1, 0.15) is 6.29 Å². The lowest BCUT2D eigenvalue weighted by Crippen LogP contribution is -2.45. The summed E-state index contributed by atoms with van der Waals surface area (Å²) in [5, 5.41) is 0. The van der Waals surface area contributed by atoms with Crippen molar-refractivity contribution in [2.45, 2.75) is 84.6 Å². The Morgan fingerprint density at radius 3 is 1.50 bits per heavy atom. The van der Waals surface area contributed by atoms with Crippen LogP contribution < -0.4 is 0 Å². The predicted molar refractivity (Wildman–Crippen MR) is 93.1 cm³/mol. The number of hydrogen-bond acceptors (Lipinski definition) is 4. The first kappa shape index (κ1) is 21.8. The summed E-state index contributed by atoms with van der Waals surface area (Å²) >= 11 is 0. The second-order valence-corrected chi connectivity index (χ2v) is 8.25. The summed E-state index contributed by atoms with van der Waals surface area (Å²) in [5.41, 5.74) is 0. The molecule has 0 N–H and O–H groups in total. The minimum Gasteiger partial charge on any atom is -0.374 e. The average Bonchev–Trinajstić information content (AvgIpc) is 2.50. The minimum absolute atomic E-state index is 0.660. The van der Waals surface area contributed by atoms with Gasteiger partial charge in [-0.25, -0.2) is 0 Å². The third-order valence-corrected chi connectivity index (χ3v) is 6.80. The number of carbonyl (C=O) groups excluding carboxylic acids is 1. The molecule has 4 nitrogen and oxygen atoms in total. The highest BCUT2D eigenvalue weighted by Gasteiger charge is 2.39. The third kappa shape index (κ3) is 11.3. The van der Waals surface area contributed by atoms with Gasteiger partial charge in [0.05, 0.1) is 0 Å². The van der Waals surface area contributed by atoms with Gasteiger partial charge in [0, 0.05) is 32.3 Å². The van der Waals surface area contributed by atoms with E-state index in [0.717, 1.165) is 31.6 Å². The zero-order valence-corrected chi connectivity index (χ0v) is 15.9. The molecule has 0 fully saturated rings. The van der Waals surface area contributed by atoms with Crippen LogP contribution in [0.5, 0.6) is 0 Å². The van der Waals surface area contributed by atoms with Crippen LogP contribution >= 0.6 is 0 Å².